The van der Waals surface area contributed by atoms with E-state index in [1.807, 2.05) is 43.6 Å². The maximum absolute atomic E-state index is 13.5. The van der Waals surface area contributed by atoms with Gasteiger partial charge in [0.05, 0.1) is 34.6 Å². The van der Waals surface area contributed by atoms with Crippen LogP contribution in [-0.2, 0) is 0 Å². The quantitative estimate of drug-likeness (QED) is 0.425. The minimum absolute atomic E-state index is 0.0301. The third-order valence-corrected chi connectivity index (χ3v) is 5.47. The Morgan fingerprint density at radius 1 is 1.24 bits per heavy atom. The third-order valence-electron chi connectivity index (χ3n) is 4.58. The number of fused-ring (bicyclic) bond motifs is 1. The zero-order valence-corrected chi connectivity index (χ0v) is 19.5. The molecule has 1 amide bonds. The number of alkyl halides is 2. The lowest BCUT2D eigenvalue weighted by Crippen LogP contribution is -2.42. The highest BCUT2D eigenvalue weighted by molar-refractivity contribution is 7.13. The van der Waals surface area contributed by atoms with Crippen LogP contribution < -0.4 is 5.73 Å². The second-order valence-corrected chi connectivity index (χ2v) is 8.08. The van der Waals surface area contributed by atoms with Crippen LogP contribution in [0, 0.1) is 0 Å². The molecule has 0 aromatic carbocycles. The number of amides is 1. The summed E-state index contributed by atoms with van der Waals surface area (Å²) in [5.74, 6) is -3.55. The van der Waals surface area contributed by atoms with Gasteiger partial charge in [-0.15, -0.1) is 11.3 Å². The molecule has 4 heterocycles. The largest absolute Gasteiger partial charge is 0.331 e. The third kappa shape index (κ3) is 5.77. The van der Waals surface area contributed by atoms with Gasteiger partial charge in [0.2, 0.25) is 0 Å². The van der Waals surface area contributed by atoms with E-state index in [4.69, 9.17) is 10.7 Å². The summed E-state index contributed by atoms with van der Waals surface area (Å²) in [4.78, 5) is 24.0. The van der Waals surface area contributed by atoms with E-state index in [9.17, 15) is 13.6 Å². The Labute approximate surface area is 194 Å². The summed E-state index contributed by atoms with van der Waals surface area (Å²) in [7, 11) is 0. The minimum atomic E-state index is -3.02. The summed E-state index contributed by atoms with van der Waals surface area (Å²) in [6.07, 6.45) is 4.90. The van der Waals surface area contributed by atoms with Crippen molar-refractivity contribution in [1.82, 2.24) is 24.5 Å². The van der Waals surface area contributed by atoms with E-state index in [0.29, 0.717) is 16.9 Å². The van der Waals surface area contributed by atoms with Gasteiger partial charge < -0.3 is 10.6 Å². The number of nitrogens with zero attached hydrogens (tertiary/aromatic N) is 5. The van der Waals surface area contributed by atoms with E-state index >= 15 is 0 Å². The fourth-order valence-electron chi connectivity index (χ4n) is 3.25. The summed E-state index contributed by atoms with van der Waals surface area (Å²) >= 11 is 1.58. The lowest BCUT2D eigenvalue weighted by atomic mass is 10.1. The number of pyridine rings is 1. The zero-order valence-electron chi connectivity index (χ0n) is 18.7. The van der Waals surface area contributed by atoms with Gasteiger partial charge in [-0.1, -0.05) is 19.9 Å². The predicted octanol–water partition coefficient (Wildman–Crippen LogP) is 4.60. The molecule has 0 aliphatic heterocycles. The van der Waals surface area contributed by atoms with Gasteiger partial charge in [-0.25, -0.2) is 18.3 Å². The molecule has 0 saturated heterocycles. The van der Waals surface area contributed by atoms with Crippen molar-refractivity contribution < 1.29 is 13.6 Å². The zero-order chi connectivity index (χ0) is 24.0. The number of nitrogens with two attached hydrogens (primary N) is 1. The van der Waals surface area contributed by atoms with E-state index in [1.54, 1.807) is 28.1 Å². The minimum Gasteiger partial charge on any atom is -0.331 e. The van der Waals surface area contributed by atoms with Crippen LogP contribution >= 0.6 is 11.3 Å². The van der Waals surface area contributed by atoms with Crippen molar-refractivity contribution in [3.63, 3.8) is 0 Å². The van der Waals surface area contributed by atoms with Crippen molar-refractivity contribution in [2.75, 3.05) is 19.6 Å². The molecule has 0 saturated carbocycles. The van der Waals surface area contributed by atoms with Crippen LogP contribution in [0.25, 0.3) is 27.5 Å². The normalized spacial score (nSPS) is 11.2. The summed E-state index contributed by atoms with van der Waals surface area (Å²) in [6, 6.07) is 8.87. The fraction of sp³-hybridized carbons (Fsp3) is 0.304. The lowest BCUT2D eigenvalue weighted by molar-refractivity contribution is -0.0103. The van der Waals surface area contributed by atoms with Gasteiger partial charge in [-0.2, -0.15) is 5.10 Å². The first kappa shape index (κ1) is 24.4. The Morgan fingerprint density at radius 3 is 2.70 bits per heavy atom. The van der Waals surface area contributed by atoms with Crippen LogP contribution in [0.1, 0.15) is 31.1 Å². The van der Waals surface area contributed by atoms with E-state index in [1.165, 1.54) is 12.3 Å². The number of carbonyl (C=O) groups is 1. The number of rotatable bonds is 7. The predicted molar refractivity (Wildman–Crippen MR) is 126 cm³/mol. The van der Waals surface area contributed by atoms with Gasteiger partial charge in [0, 0.05) is 38.0 Å². The van der Waals surface area contributed by atoms with E-state index in [-0.39, 0.29) is 18.7 Å². The molecule has 174 valence electrons. The Bertz CT molecular complexity index is 1200. The number of carbonyl (C=O) groups excluding carboxylic acids is 1. The summed E-state index contributed by atoms with van der Waals surface area (Å²) in [6.45, 7) is 4.19. The van der Waals surface area contributed by atoms with Crippen molar-refractivity contribution in [2.24, 2.45) is 5.73 Å². The van der Waals surface area contributed by atoms with Crippen LogP contribution in [0.4, 0.5) is 8.78 Å². The van der Waals surface area contributed by atoms with Gasteiger partial charge in [-0.05, 0) is 29.6 Å². The molecule has 33 heavy (non-hydrogen) atoms. The maximum atomic E-state index is 13.5. The molecule has 0 radical (unpaired) electrons. The Morgan fingerprint density at radius 2 is 2.03 bits per heavy atom. The first-order chi connectivity index (χ1) is 15.9. The number of halogens is 2. The van der Waals surface area contributed by atoms with Crippen LogP contribution in [0.15, 0.2) is 54.3 Å². The van der Waals surface area contributed by atoms with Crippen molar-refractivity contribution in [2.45, 2.75) is 26.7 Å². The summed E-state index contributed by atoms with van der Waals surface area (Å²) < 4.78 is 28.7. The average Bonchev–Trinajstić information content (AvgIpc) is 3.49. The van der Waals surface area contributed by atoms with E-state index < -0.39 is 18.4 Å². The first-order valence-electron chi connectivity index (χ1n) is 10.6. The van der Waals surface area contributed by atoms with Gasteiger partial charge in [0.25, 0.3) is 11.8 Å². The molecule has 0 unspecified atom stereocenters. The molecular weight excluding hydrogens is 446 g/mol. The molecule has 4 rings (SSSR count). The molecule has 10 heteroatoms. The summed E-state index contributed by atoms with van der Waals surface area (Å²) in [5.41, 5.74) is 8.27. The lowest BCUT2D eigenvalue weighted by Gasteiger charge is -2.25. The highest BCUT2D eigenvalue weighted by Gasteiger charge is 2.28. The number of hydrogen-bond donors (Lipinski definition) is 1. The molecule has 0 aliphatic rings. The van der Waals surface area contributed by atoms with Crippen molar-refractivity contribution in [3.05, 3.63) is 59.9 Å². The first-order valence-corrected chi connectivity index (χ1v) is 11.5. The second kappa shape index (κ2) is 10.6. The molecular formula is C23H26F2N6OS. The standard InChI is InChI=1S/C21H20F2N6OS.C2H6/c1-21(22,23)13-28(9-6-24)20(30)14-4-7-25-17(11-14)15-12-26-29-8-5-16(27-19(15)29)18-3-2-10-31-18;1-2/h2-5,7-8,10-12H,6,9,13,24H2,1H3;1-2H3. The number of hydrogen-bond acceptors (Lipinski definition) is 6. The molecule has 0 aliphatic carbocycles. The van der Waals surface area contributed by atoms with Gasteiger partial charge >= 0.3 is 0 Å². The average molecular weight is 473 g/mol. The van der Waals surface area contributed by atoms with Gasteiger partial charge in [0.1, 0.15) is 0 Å². The SMILES string of the molecule is CC.CC(F)(F)CN(CCN)C(=O)c1ccnc(-c2cnn3ccc(-c4cccs4)nc23)c1. The van der Waals surface area contributed by atoms with Crippen molar-refractivity contribution in [3.8, 4) is 21.8 Å². The fourth-order valence-corrected chi connectivity index (χ4v) is 3.94. The molecule has 0 atom stereocenters. The Kier molecular flexibility index (Phi) is 7.83. The van der Waals surface area contributed by atoms with Crippen molar-refractivity contribution >= 4 is 22.9 Å². The Balaban J connectivity index is 0.00000149. The van der Waals surface area contributed by atoms with E-state index in [0.717, 1.165) is 22.4 Å². The second-order valence-electron chi connectivity index (χ2n) is 7.13. The van der Waals surface area contributed by atoms with Gasteiger partial charge in [0.15, 0.2) is 5.65 Å². The smallest absolute Gasteiger partial charge is 0.262 e. The number of aromatic nitrogens is 4. The number of thiophene rings is 1. The van der Waals surface area contributed by atoms with Crippen molar-refractivity contribution in [1.29, 1.82) is 0 Å². The molecule has 7 nitrogen and oxygen atoms in total. The van der Waals surface area contributed by atoms with Gasteiger partial charge in [-0.3, -0.25) is 9.78 Å². The van der Waals surface area contributed by atoms with E-state index in [2.05, 4.69) is 10.1 Å². The maximum Gasteiger partial charge on any atom is 0.262 e. The van der Waals surface area contributed by atoms with Crippen LogP contribution in [0.3, 0.4) is 0 Å². The topological polar surface area (TPSA) is 89.4 Å². The molecule has 0 spiro atoms. The highest BCUT2D eigenvalue weighted by Crippen LogP contribution is 2.27. The monoisotopic (exact) mass is 472 g/mol. The molecule has 4 aromatic rings. The summed E-state index contributed by atoms with van der Waals surface area (Å²) in [5, 5.41) is 6.29. The highest BCUT2D eigenvalue weighted by atomic mass is 32.1. The molecule has 4 aromatic heterocycles. The Hall–Kier alpha value is -3.24. The molecule has 2 N–H and O–H groups in total. The van der Waals surface area contributed by atoms with Crippen LogP contribution in [0.2, 0.25) is 0 Å². The van der Waals surface area contributed by atoms with Crippen LogP contribution in [0.5, 0.6) is 0 Å². The van der Waals surface area contributed by atoms with Crippen LogP contribution in [-0.4, -0.2) is 55.9 Å². The molecule has 0 fully saturated rings. The molecule has 0 bridgehead atoms.